The van der Waals surface area contributed by atoms with Crippen LogP contribution in [-0.4, -0.2) is 69.1 Å². The van der Waals surface area contributed by atoms with E-state index in [0.717, 1.165) is 0 Å². The highest BCUT2D eigenvalue weighted by atomic mass is 16.4. The molecular formula is C23H34N4O8. The Kier molecular flexibility index (Phi) is 11.7. The summed E-state index contributed by atoms with van der Waals surface area (Å²) in [5, 5.41) is 35.0. The maximum atomic E-state index is 13.0. The Bertz CT molecular complexity index is 905. The summed E-state index contributed by atoms with van der Waals surface area (Å²) < 4.78 is 0. The molecule has 0 fully saturated rings. The van der Waals surface area contributed by atoms with E-state index in [1.807, 2.05) is 0 Å². The molecule has 1 aromatic rings. The SMILES string of the molecule is CCC(C)C(NC(=O)C(C)NC(=O)C(Cc1ccc(O)cc1)NC(=O)C(N)CCC(=O)O)C(=O)O. The minimum absolute atomic E-state index is 0.00839. The number of carboxylic acids is 2. The first kappa shape index (κ1) is 29.4. The van der Waals surface area contributed by atoms with Gasteiger partial charge < -0.3 is 37.0 Å². The zero-order valence-electron chi connectivity index (χ0n) is 20.0. The van der Waals surface area contributed by atoms with E-state index >= 15 is 0 Å². The standard InChI is InChI=1S/C23H34N4O8/c1-4-12(2)19(23(34)35)27-20(31)13(3)25-22(33)17(11-14-5-7-15(28)8-6-14)26-21(32)16(24)9-10-18(29)30/h5-8,12-13,16-17,19,28H,4,9-11,24H2,1-3H3,(H,25,33)(H,26,32)(H,27,31)(H,29,30)(H,34,35). The number of carbonyl (C=O) groups excluding carboxylic acids is 3. The van der Waals surface area contributed by atoms with Gasteiger partial charge in [0.15, 0.2) is 0 Å². The molecule has 0 spiro atoms. The maximum absolute atomic E-state index is 13.0. The lowest BCUT2D eigenvalue weighted by atomic mass is 9.99. The molecule has 0 aliphatic heterocycles. The van der Waals surface area contributed by atoms with Crippen LogP contribution >= 0.6 is 0 Å². The summed E-state index contributed by atoms with van der Waals surface area (Å²) >= 11 is 0. The average Bonchev–Trinajstić information content (AvgIpc) is 2.80. The van der Waals surface area contributed by atoms with Crippen LogP contribution in [0, 0.1) is 5.92 Å². The zero-order chi connectivity index (χ0) is 26.7. The van der Waals surface area contributed by atoms with E-state index in [9.17, 15) is 34.2 Å². The van der Waals surface area contributed by atoms with Crippen molar-refractivity contribution in [2.24, 2.45) is 11.7 Å². The van der Waals surface area contributed by atoms with Crippen LogP contribution in [0.25, 0.3) is 0 Å². The summed E-state index contributed by atoms with van der Waals surface area (Å²) in [7, 11) is 0. The molecule has 0 bridgehead atoms. The van der Waals surface area contributed by atoms with Gasteiger partial charge in [-0.15, -0.1) is 0 Å². The monoisotopic (exact) mass is 494 g/mol. The highest BCUT2D eigenvalue weighted by Gasteiger charge is 2.30. The van der Waals surface area contributed by atoms with Crippen molar-refractivity contribution >= 4 is 29.7 Å². The zero-order valence-corrected chi connectivity index (χ0v) is 20.0. The number of phenolic OH excluding ortho intramolecular Hbond substituents is 1. The number of aliphatic carboxylic acids is 2. The molecule has 0 saturated heterocycles. The van der Waals surface area contributed by atoms with Gasteiger partial charge in [-0.1, -0.05) is 32.4 Å². The van der Waals surface area contributed by atoms with Crippen LogP contribution in [0.1, 0.15) is 45.6 Å². The second-order valence-electron chi connectivity index (χ2n) is 8.41. The molecule has 1 aromatic carbocycles. The summed E-state index contributed by atoms with van der Waals surface area (Å²) in [5.74, 6) is -4.83. The fourth-order valence-corrected chi connectivity index (χ4v) is 3.11. The molecule has 0 aliphatic rings. The second kappa shape index (κ2) is 13.9. The molecular weight excluding hydrogens is 460 g/mol. The van der Waals surface area contributed by atoms with Gasteiger partial charge >= 0.3 is 11.9 Å². The average molecular weight is 495 g/mol. The summed E-state index contributed by atoms with van der Waals surface area (Å²) in [6.07, 6.45) is 0.0323. The Labute approximate surface area is 203 Å². The molecule has 0 aliphatic carbocycles. The van der Waals surface area contributed by atoms with Crippen molar-refractivity contribution in [1.82, 2.24) is 16.0 Å². The summed E-state index contributed by atoms with van der Waals surface area (Å²) in [4.78, 5) is 60.2. The Hall–Kier alpha value is -3.67. The smallest absolute Gasteiger partial charge is 0.326 e. The molecule has 194 valence electrons. The Morgan fingerprint density at radius 3 is 2.03 bits per heavy atom. The number of nitrogens with one attached hydrogen (secondary N) is 3. The van der Waals surface area contributed by atoms with Gasteiger partial charge in [-0.25, -0.2) is 4.79 Å². The fraction of sp³-hybridized carbons (Fsp3) is 0.522. The summed E-state index contributed by atoms with van der Waals surface area (Å²) in [6.45, 7) is 4.84. The van der Waals surface area contributed by atoms with Gasteiger partial charge in [0.2, 0.25) is 17.7 Å². The first-order valence-electron chi connectivity index (χ1n) is 11.2. The molecule has 0 aromatic heterocycles. The number of nitrogens with two attached hydrogens (primary N) is 1. The first-order chi connectivity index (χ1) is 16.3. The largest absolute Gasteiger partial charge is 0.508 e. The third-order valence-electron chi connectivity index (χ3n) is 5.54. The first-order valence-corrected chi connectivity index (χ1v) is 11.2. The molecule has 0 saturated carbocycles. The highest BCUT2D eigenvalue weighted by molar-refractivity contribution is 5.94. The molecule has 5 atom stereocenters. The third kappa shape index (κ3) is 10.0. The molecule has 8 N–H and O–H groups in total. The van der Waals surface area contributed by atoms with Crippen LogP contribution in [0.3, 0.4) is 0 Å². The van der Waals surface area contributed by atoms with Gasteiger partial charge in [0, 0.05) is 12.8 Å². The molecule has 12 heteroatoms. The molecule has 0 heterocycles. The number of carboxylic acid groups (broad SMARTS) is 2. The van der Waals surface area contributed by atoms with E-state index in [2.05, 4.69) is 16.0 Å². The number of rotatable bonds is 14. The molecule has 1 rings (SSSR count). The Morgan fingerprint density at radius 1 is 0.914 bits per heavy atom. The molecule has 35 heavy (non-hydrogen) atoms. The predicted octanol–water partition coefficient (Wildman–Crippen LogP) is -0.268. The van der Waals surface area contributed by atoms with E-state index < -0.39 is 53.8 Å². The van der Waals surface area contributed by atoms with Crippen molar-refractivity contribution in [3.63, 3.8) is 0 Å². The lowest BCUT2D eigenvalue weighted by Gasteiger charge is -2.25. The molecule has 5 unspecified atom stereocenters. The van der Waals surface area contributed by atoms with Crippen LogP contribution < -0.4 is 21.7 Å². The quantitative estimate of drug-likeness (QED) is 0.181. The van der Waals surface area contributed by atoms with Crippen molar-refractivity contribution in [2.45, 2.75) is 70.6 Å². The maximum Gasteiger partial charge on any atom is 0.326 e. The number of carbonyl (C=O) groups is 5. The Balaban J connectivity index is 2.95. The van der Waals surface area contributed by atoms with Crippen LogP contribution in [0.4, 0.5) is 0 Å². The van der Waals surface area contributed by atoms with E-state index in [1.54, 1.807) is 26.0 Å². The van der Waals surface area contributed by atoms with Crippen LogP contribution in [0.5, 0.6) is 5.75 Å². The topological polar surface area (TPSA) is 208 Å². The van der Waals surface area contributed by atoms with Gasteiger partial charge in [-0.3, -0.25) is 19.2 Å². The Morgan fingerprint density at radius 2 is 1.51 bits per heavy atom. The molecule has 3 amide bonds. The lowest BCUT2D eigenvalue weighted by molar-refractivity contribution is -0.143. The number of phenols is 1. The van der Waals surface area contributed by atoms with Gasteiger partial charge in [-0.2, -0.15) is 0 Å². The van der Waals surface area contributed by atoms with Gasteiger partial charge in [0.1, 0.15) is 23.9 Å². The van der Waals surface area contributed by atoms with Gasteiger partial charge in [0.05, 0.1) is 6.04 Å². The van der Waals surface area contributed by atoms with Crippen LogP contribution in [-0.2, 0) is 30.4 Å². The summed E-state index contributed by atoms with van der Waals surface area (Å²) in [5.41, 5.74) is 6.33. The summed E-state index contributed by atoms with van der Waals surface area (Å²) in [6, 6.07) is 1.30. The predicted molar refractivity (Wildman–Crippen MR) is 125 cm³/mol. The lowest BCUT2D eigenvalue weighted by Crippen LogP contribution is -2.57. The van der Waals surface area contributed by atoms with Crippen molar-refractivity contribution < 1.29 is 39.3 Å². The van der Waals surface area contributed by atoms with Crippen LogP contribution in [0.15, 0.2) is 24.3 Å². The highest BCUT2D eigenvalue weighted by Crippen LogP contribution is 2.12. The third-order valence-corrected chi connectivity index (χ3v) is 5.54. The van der Waals surface area contributed by atoms with E-state index in [4.69, 9.17) is 10.8 Å². The number of hydrogen-bond donors (Lipinski definition) is 7. The van der Waals surface area contributed by atoms with E-state index in [-0.39, 0.29) is 30.9 Å². The van der Waals surface area contributed by atoms with E-state index in [1.165, 1.54) is 19.1 Å². The van der Waals surface area contributed by atoms with Crippen molar-refractivity contribution in [2.75, 3.05) is 0 Å². The fourth-order valence-electron chi connectivity index (χ4n) is 3.11. The van der Waals surface area contributed by atoms with Crippen LogP contribution in [0.2, 0.25) is 0 Å². The second-order valence-corrected chi connectivity index (χ2v) is 8.41. The van der Waals surface area contributed by atoms with E-state index in [0.29, 0.717) is 12.0 Å². The van der Waals surface area contributed by atoms with Gasteiger partial charge in [-0.05, 0) is 37.0 Å². The molecule has 12 nitrogen and oxygen atoms in total. The minimum Gasteiger partial charge on any atom is -0.508 e. The number of hydrogen-bond acceptors (Lipinski definition) is 7. The minimum atomic E-state index is -1.20. The van der Waals surface area contributed by atoms with Gasteiger partial charge in [0.25, 0.3) is 0 Å². The number of amides is 3. The van der Waals surface area contributed by atoms with Crippen molar-refractivity contribution in [3.05, 3.63) is 29.8 Å². The number of aromatic hydroxyl groups is 1. The number of benzene rings is 1. The van der Waals surface area contributed by atoms with Crippen molar-refractivity contribution in [1.29, 1.82) is 0 Å². The normalized spacial score (nSPS) is 15.1. The van der Waals surface area contributed by atoms with Crippen molar-refractivity contribution in [3.8, 4) is 5.75 Å². The molecule has 0 radical (unpaired) electrons.